The number of piperidine rings is 1. The van der Waals surface area contributed by atoms with Crippen LogP contribution in [-0.4, -0.2) is 43.5 Å². The number of fused-ring (bicyclic) bond motifs is 2. The van der Waals surface area contributed by atoms with Crippen LogP contribution in [0.1, 0.15) is 40.7 Å². The number of carbonyl (C=O) groups excluding carboxylic acids is 1. The summed E-state index contributed by atoms with van der Waals surface area (Å²) in [5.74, 6) is 1.01. The van der Waals surface area contributed by atoms with E-state index in [0.717, 1.165) is 29.8 Å². The second-order valence-corrected chi connectivity index (χ2v) is 6.93. The number of hydrogen-bond acceptors (Lipinski definition) is 5. The molecule has 0 saturated carbocycles. The minimum atomic E-state index is -0.00258. The van der Waals surface area contributed by atoms with Crippen LogP contribution in [-0.2, 0) is 0 Å². The van der Waals surface area contributed by atoms with Crippen molar-refractivity contribution in [2.45, 2.75) is 25.7 Å². The fourth-order valence-electron chi connectivity index (χ4n) is 3.80. The third kappa shape index (κ3) is 2.66. The zero-order chi connectivity index (χ0) is 18.4. The summed E-state index contributed by atoms with van der Waals surface area (Å²) in [7, 11) is 0. The number of aromatic nitrogens is 4. The lowest BCUT2D eigenvalue weighted by molar-refractivity contribution is 0.0707. The number of hydrogen-bond donors (Lipinski definition) is 0. The summed E-state index contributed by atoms with van der Waals surface area (Å²) >= 11 is 0. The van der Waals surface area contributed by atoms with Crippen LogP contribution in [0.5, 0.6) is 0 Å². The van der Waals surface area contributed by atoms with Gasteiger partial charge in [0.15, 0.2) is 17.1 Å². The zero-order valence-corrected chi connectivity index (χ0v) is 15.0. The Hall–Kier alpha value is -3.22. The predicted octanol–water partition coefficient (Wildman–Crippen LogP) is 3.20. The molecule has 4 heterocycles. The van der Waals surface area contributed by atoms with E-state index in [1.165, 1.54) is 0 Å². The normalized spacial score (nSPS) is 15.7. The van der Waals surface area contributed by atoms with Crippen LogP contribution >= 0.6 is 0 Å². The lowest BCUT2D eigenvalue weighted by atomic mass is 9.96. The zero-order valence-electron chi connectivity index (χ0n) is 15.0. The maximum Gasteiger partial charge on any atom is 0.259 e. The molecule has 0 aliphatic carbocycles. The quantitative estimate of drug-likeness (QED) is 0.548. The van der Waals surface area contributed by atoms with Gasteiger partial charge in [-0.15, -0.1) is 0 Å². The minimum absolute atomic E-state index is 0.00258. The Labute approximate surface area is 155 Å². The molecule has 3 aromatic heterocycles. The molecular weight excluding hydrogens is 342 g/mol. The minimum Gasteiger partial charge on any atom is -0.440 e. The summed E-state index contributed by atoms with van der Waals surface area (Å²) in [6, 6.07) is 9.61. The highest BCUT2D eigenvalue weighted by molar-refractivity contribution is 6.01. The first-order valence-electron chi connectivity index (χ1n) is 9.15. The van der Waals surface area contributed by atoms with E-state index < -0.39 is 0 Å². The van der Waals surface area contributed by atoms with Crippen molar-refractivity contribution in [3.63, 3.8) is 0 Å². The maximum absolute atomic E-state index is 13.1. The van der Waals surface area contributed by atoms with Crippen molar-refractivity contribution in [1.29, 1.82) is 0 Å². The summed E-state index contributed by atoms with van der Waals surface area (Å²) in [5.41, 5.74) is 3.62. The van der Waals surface area contributed by atoms with Gasteiger partial charge in [0.25, 0.3) is 5.91 Å². The molecule has 1 aliphatic heterocycles. The molecule has 1 saturated heterocycles. The van der Waals surface area contributed by atoms with Gasteiger partial charge in [-0.3, -0.25) is 4.79 Å². The van der Waals surface area contributed by atoms with Crippen molar-refractivity contribution in [2.75, 3.05) is 13.1 Å². The Morgan fingerprint density at radius 3 is 2.81 bits per heavy atom. The van der Waals surface area contributed by atoms with Crippen LogP contribution in [0.15, 0.2) is 47.1 Å². The van der Waals surface area contributed by atoms with Crippen LogP contribution in [0, 0.1) is 6.92 Å². The maximum atomic E-state index is 13.1. The van der Waals surface area contributed by atoms with E-state index >= 15 is 0 Å². The fraction of sp³-hybridized carbons (Fsp3) is 0.300. The lowest BCUT2D eigenvalue weighted by Crippen LogP contribution is -2.38. The van der Waals surface area contributed by atoms with Gasteiger partial charge in [0, 0.05) is 31.4 Å². The van der Waals surface area contributed by atoms with Crippen molar-refractivity contribution in [2.24, 2.45) is 0 Å². The molecule has 27 heavy (non-hydrogen) atoms. The molecule has 1 aliphatic rings. The lowest BCUT2D eigenvalue weighted by Gasteiger charge is -2.30. The Morgan fingerprint density at radius 2 is 2.00 bits per heavy atom. The van der Waals surface area contributed by atoms with Crippen molar-refractivity contribution < 1.29 is 9.21 Å². The van der Waals surface area contributed by atoms with Crippen molar-refractivity contribution in [3.8, 4) is 0 Å². The third-order valence-corrected chi connectivity index (χ3v) is 5.23. The Balaban J connectivity index is 1.35. The first-order chi connectivity index (χ1) is 13.2. The van der Waals surface area contributed by atoms with Crippen LogP contribution in [0.4, 0.5) is 0 Å². The molecule has 0 bridgehead atoms. The molecule has 0 unspecified atom stereocenters. The summed E-state index contributed by atoms with van der Waals surface area (Å²) in [4.78, 5) is 23.9. The first-order valence-corrected chi connectivity index (χ1v) is 9.15. The standard InChI is InChI=1S/C20H19N5O2/c1-13-17(18-21-9-4-10-25(18)23-13)20(26)24-11-7-14(8-12-24)19-22-15-5-2-3-6-16(15)27-19/h2-6,9-10,14H,7-8,11-12H2,1H3. The summed E-state index contributed by atoms with van der Waals surface area (Å²) in [6.45, 7) is 3.20. The molecule has 0 N–H and O–H groups in total. The highest BCUT2D eigenvalue weighted by Gasteiger charge is 2.30. The Kier molecular flexibility index (Phi) is 3.67. The topological polar surface area (TPSA) is 76.5 Å². The Morgan fingerprint density at radius 1 is 1.19 bits per heavy atom. The average Bonchev–Trinajstić information content (AvgIpc) is 3.27. The summed E-state index contributed by atoms with van der Waals surface area (Å²) in [5, 5.41) is 4.40. The van der Waals surface area contributed by atoms with Crippen LogP contribution in [0.2, 0.25) is 0 Å². The number of para-hydroxylation sites is 2. The molecule has 0 radical (unpaired) electrons. The molecule has 7 nitrogen and oxygen atoms in total. The van der Waals surface area contributed by atoms with Crippen molar-refractivity contribution in [1.82, 2.24) is 24.5 Å². The predicted molar refractivity (Wildman–Crippen MR) is 99.6 cm³/mol. The van der Waals surface area contributed by atoms with Gasteiger partial charge in [0.1, 0.15) is 11.1 Å². The smallest absolute Gasteiger partial charge is 0.259 e. The van der Waals surface area contributed by atoms with E-state index in [1.807, 2.05) is 42.3 Å². The van der Waals surface area contributed by atoms with Gasteiger partial charge in [-0.25, -0.2) is 14.5 Å². The molecule has 0 atom stereocenters. The van der Waals surface area contributed by atoms with E-state index in [4.69, 9.17) is 4.42 Å². The molecule has 5 rings (SSSR count). The molecule has 1 fully saturated rings. The van der Waals surface area contributed by atoms with Gasteiger partial charge in [-0.05, 0) is 38.0 Å². The van der Waals surface area contributed by atoms with Crippen molar-refractivity contribution >= 4 is 22.7 Å². The van der Waals surface area contributed by atoms with Crippen LogP contribution < -0.4 is 0 Å². The Bertz CT molecular complexity index is 1100. The molecular formula is C20H19N5O2. The molecule has 7 heteroatoms. The van der Waals surface area contributed by atoms with Gasteiger partial charge in [-0.1, -0.05) is 12.1 Å². The molecule has 4 aromatic rings. The number of rotatable bonds is 2. The van der Waals surface area contributed by atoms with Gasteiger partial charge in [0.05, 0.1) is 5.69 Å². The second kappa shape index (κ2) is 6.19. The fourth-order valence-corrected chi connectivity index (χ4v) is 3.80. The third-order valence-electron chi connectivity index (χ3n) is 5.23. The number of aryl methyl sites for hydroxylation is 1. The van der Waals surface area contributed by atoms with E-state index in [1.54, 1.807) is 16.8 Å². The number of oxazole rings is 1. The summed E-state index contributed by atoms with van der Waals surface area (Å²) in [6.07, 6.45) is 5.17. The van der Waals surface area contributed by atoms with E-state index in [2.05, 4.69) is 15.1 Å². The van der Waals surface area contributed by atoms with Gasteiger partial charge in [-0.2, -0.15) is 5.10 Å². The number of likely N-dealkylation sites (tertiary alicyclic amines) is 1. The van der Waals surface area contributed by atoms with Gasteiger partial charge < -0.3 is 9.32 Å². The second-order valence-electron chi connectivity index (χ2n) is 6.93. The van der Waals surface area contributed by atoms with Gasteiger partial charge in [0.2, 0.25) is 0 Å². The monoisotopic (exact) mass is 361 g/mol. The average molecular weight is 361 g/mol. The highest BCUT2D eigenvalue weighted by Crippen LogP contribution is 2.30. The number of benzene rings is 1. The summed E-state index contributed by atoms with van der Waals surface area (Å²) < 4.78 is 7.57. The van der Waals surface area contributed by atoms with E-state index in [0.29, 0.717) is 30.0 Å². The van der Waals surface area contributed by atoms with E-state index in [9.17, 15) is 4.79 Å². The number of amides is 1. The molecule has 0 spiro atoms. The molecule has 136 valence electrons. The largest absolute Gasteiger partial charge is 0.440 e. The molecule has 1 aromatic carbocycles. The van der Waals surface area contributed by atoms with Gasteiger partial charge >= 0.3 is 0 Å². The highest BCUT2D eigenvalue weighted by atomic mass is 16.3. The number of nitrogens with zero attached hydrogens (tertiary/aromatic N) is 5. The van der Waals surface area contributed by atoms with Crippen LogP contribution in [0.25, 0.3) is 16.7 Å². The number of carbonyl (C=O) groups is 1. The first kappa shape index (κ1) is 16.0. The van der Waals surface area contributed by atoms with Crippen LogP contribution in [0.3, 0.4) is 0 Å². The van der Waals surface area contributed by atoms with E-state index in [-0.39, 0.29) is 11.8 Å². The SMILES string of the molecule is Cc1nn2cccnc2c1C(=O)N1CCC(c2nc3ccccc3o2)CC1. The molecule has 1 amide bonds. The van der Waals surface area contributed by atoms with Crippen molar-refractivity contribution in [3.05, 3.63) is 59.9 Å².